The van der Waals surface area contributed by atoms with Gasteiger partial charge in [-0.25, -0.2) is 9.78 Å². The predicted octanol–water partition coefficient (Wildman–Crippen LogP) is 8.11. The van der Waals surface area contributed by atoms with E-state index in [4.69, 9.17) is 38.7 Å². The van der Waals surface area contributed by atoms with Crippen molar-refractivity contribution in [3.63, 3.8) is 0 Å². The third-order valence-electron chi connectivity index (χ3n) is 6.32. The molecule has 1 aromatic heterocycles. The third kappa shape index (κ3) is 6.23. The van der Waals surface area contributed by atoms with Crippen molar-refractivity contribution < 1.29 is 9.53 Å². The number of nitrogens with zero attached hydrogens (tertiary/aromatic N) is 2. The molecule has 1 heterocycles. The van der Waals surface area contributed by atoms with Gasteiger partial charge < -0.3 is 15.0 Å². The van der Waals surface area contributed by atoms with E-state index in [1.807, 2.05) is 65.4 Å². The Morgan fingerprint density at radius 3 is 2.21 bits per heavy atom. The number of ether oxygens (including phenoxy) is 1. The molecule has 0 radical (unpaired) electrons. The van der Waals surface area contributed by atoms with Crippen LogP contribution in [0.5, 0.6) is 0 Å². The fourth-order valence-corrected chi connectivity index (χ4v) is 4.72. The first kappa shape index (κ1) is 26.3. The highest BCUT2D eigenvalue weighted by Crippen LogP contribution is 2.30. The largest absolute Gasteiger partial charge is 0.465 e. The molecule has 0 aliphatic rings. The molecule has 0 spiro atoms. The third-order valence-corrected chi connectivity index (χ3v) is 6.87. The highest BCUT2D eigenvalue weighted by molar-refractivity contribution is 6.36. The topological polar surface area (TPSA) is 70.1 Å². The number of halogens is 2. The van der Waals surface area contributed by atoms with Crippen molar-refractivity contribution in [1.29, 1.82) is 0 Å². The van der Waals surface area contributed by atoms with E-state index in [2.05, 4.69) is 24.3 Å². The van der Waals surface area contributed by atoms with E-state index < -0.39 is 0 Å². The zero-order valence-electron chi connectivity index (χ0n) is 21.1. The Morgan fingerprint density at radius 1 is 0.897 bits per heavy atom. The minimum Gasteiger partial charge on any atom is -0.465 e. The van der Waals surface area contributed by atoms with Gasteiger partial charge in [0, 0.05) is 29.0 Å². The maximum absolute atomic E-state index is 11.8. The van der Waals surface area contributed by atoms with Gasteiger partial charge in [0.05, 0.1) is 23.4 Å². The second-order valence-corrected chi connectivity index (χ2v) is 9.85. The molecule has 194 valence electrons. The molecule has 2 N–H and O–H groups in total. The summed E-state index contributed by atoms with van der Waals surface area (Å²) in [6.45, 7) is 0.551. The summed E-state index contributed by atoms with van der Waals surface area (Å²) >= 11 is 12.6. The number of rotatable bonds is 7. The molecule has 7 heteroatoms. The number of carbonyl (C=O) groups excluding carboxylic acids is 1. The monoisotopic (exact) mass is 553 g/mol. The van der Waals surface area contributed by atoms with E-state index in [1.165, 1.54) is 7.11 Å². The van der Waals surface area contributed by atoms with Gasteiger partial charge in [0.25, 0.3) is 0 Å². The van der Waals surface area contributed by atoms with Crippen molar-refractivity contribution >= 4 is 47.0 Å². The van der Waals surface area contributed by atoms with Crippen LogP contribution in [0.2, 0.25) is 10.0 Å². The molecule has 0 saturated heterocycles. The van der Waals surface area contributed by atoms with E-state index in [0.29, 0.717) is 22.2 Å². The number of methoxy groups -OCH3 is 1. The maximum Gasteiger partial charge on any atom is 0.337 e. The van der Waals surface area contributed by atoms with Gasteiger partial charge in [0.2, 0.25) is 0 Å². The molecule has 0 amide bonds. The molecule has 0 bridgehead atoms. The molecule has 5 nitrogen and oxygen atoms in total. The number of nitrogen functional groups attached to an aromatic ring is 1. The van der Waals surface area contributed by atoms with Gasteiger partial charge >= 0.3 is 5.97 Å². The van der Waals surface area contributed by atoms with Crippen molar-refractivity contribution in [1.82, 2.24) is 9.55 Å². The van der Waals surface area contributed by atoms with Crippen LogP contribution in [0.3, 0.4) is 0 Å². The van der Waals surface area contributed by atoms with Crippen LogP contribution in [0.25, 0.3) is 34.5 Å². The van der Waals surface area contributed by atoms with Crippen LogP contribution < -0.4 is 5.73 Å². The lowest BCUT2D eigenvalue weighted by Gasteiger charge is -2.07. The molecule has 0 aliphatic heterocycles. The molecule has 0 atom stereocenters. The number of aromatic nitrogens is 2. The van der Waals surface area contributed by atoms with Gasteiger partial charge in [-0.1, -0.05) is 77.8 Å². The number of benzene rings is 4. The number of nitrogens with two attached hydrogens (primary N) is 1. The van der Waals surface area contributed by atoms with Gasteiger partial charge in [-0.05, 0) is 70.8 Å². The first-order chi connectivity index (χ1) is 18.9. The lowest BCUT2D eigenvalue weighted by atomic mass is 10.0. The van der Waals surface area contributed by atoms with Gasteiger partial charge in [0.1, 0.15) is 5.82 Å². The Bertz CT molecular complexity index is 1640. The number of imidazole rings is 1. The normalized spacial score (nSPS) is 11.2. The first-order valence-corrected chi connectivity index (χ1v) is 13.0. The number of carbonyl (C=O) groups is 1. The summed E-state index contributed by atoms with van der Waals surface area (Å²) in [6.07, 6.45) is 5.97. The smallest absolute Gasteiger partial charge is 0.337 e. The zero-order chi connectivity index (χ0) is 27.4. The average Bonchev–Trinajstić information content (AvgIpc) is 3.34. The van der Waals surface area contributed by atoms with E-state index in [1.54, 1.807) is 24.3 Å². The fraction of sp³-hybridized carbons (Fsp3) is 0.0625. The van der Waals surface area contributed by atoms with E-state index in [-0.39, 0.29) is 5.97 Å². The van der Waals surface area contributed by atoms with Gasteiger partial charge in [-0.3, -0.25) is 0 Å². The quantitative estimate of drug-likeness (QED) is 0.163. The molecule has 5 rings (SSSR count). The second kappa shape index (κ2) is 11.6. The number of hydrogen-bond acceptors (Lipinski definition) is 4. The summed E-state index contributed by atoms with van der Waals surface area (Å²) in [5.74, 6) is 0.394. The molecule has 0 fully saturated rings. The maximum atomic E-state index is 11.8. The molecular weight excluding hydrogens is 529 g/mol. The first-order valence-electron chi connectivity index (χ1n) is 12.2. The summed E-state index contributed by atoms with van der Waals surface area (Å²) in [5.41, 5.74) is 12.9. The van der Waals surface area contributed by atoms with Crippen LogP contribution in [0.1, 0.15) is 27.3 Å². The summed E-state index contributed by atoms with van der Waals surface area (Å²) in [7, 11) is 1.37. The molecule has 0 saturated carbocycles. The van der Waals surface area contributed by atoms with Crippen molar-refractivity contribution in [2.75, 3.05) is 12.8 Å². The fourth-order valence-electron chi connectivity index (χ4n) is 4.21. The summed E-state index contributed by atoms with van der Waals surface area (Å²) in [6, 6.07) is 28.8. The standard InChI is InChI=1S/C32H25Cl2N3O2/c1-39-32(38)25-9-4-22(5-10-25)19-37-20-30(28-16-13-26(33)18-29(28)34)36-31(37)17-6-21-2-7-23(8-3-21)24-11-14-27(35)15-12-24/h2-18,20H,19,35H2,1H3/b17-6+. The summed E-state index contributed by atoms with van der Waals surface area (Å²) in [4.78, 5) is 16.7. The van der Waals surface area contributed by atoms with Crippen LogP contribution in [0.15, 0.2) is 97.2 Å². The van der Waals surface area contributed by atoms with E-state index in [0.717, 1.165) is 45.0 Å². The summed E-state index contributed by atoms with van der Waals surface area (Å²) < 4.78 is 6.85. The SMILES string of the molecule is COC(=O)c1ccc(Cn2cc(-c3ccc(Cl)cc3Cl)nc2/C=C/c2ccc(-c3ccc(N)cc3)cc2)cc1. The van der Waals surface area contributed by atoms with Gasteiger partial charge in [-0.2, -0.15) is 0 Å². The lowest BCUT2D eigenvalue weighted by molar-refractivity contribution is 0.0600. The molecule has 4 aromatic carbocycles. The minimum absolute atomic E-state index is 0.366. The van der Waals surface area contributed by atoms with Crippen LogP contribution in [0.4, 0.5) is 5.69 Å². The number of esters is 1. The van der Waals surface area contributed by atoms with Crippen LogP contribution in [-0.2, 0) is 11.3 Å². The van der Waals surface area contributed by atoms with Gasteiger partial charge in [-0.15, -0.1) is 0 Å². The van der Waals surface area contributed by atoms with E-state index in [9.17, 15) is 4.79 Å². The van der Waals surface area contributed by atoms with Gasteiger partial charge in [0.15, 0.2) is 0 Å². The number of hydrogen-bond donors (Lipinski definition) is 1. The predicted molar refractivity (Wildman–Crippen MR) is 160 cm³/mol. The van der Waals surface area contributed by atoms with Crippen LogP contribution in [0, 0.1) is 0 Å². The Morgan fingerprint density at radius 2 is 1.56 bits per heavy atom. The number of anilines is 1. The van der Waals surface area contributed by atoms with Crippen molar-refractivity contribution in [3.8, 4) is 22.4 Å². The Labute approximate surface area is 237 Å². The highest BCUT2D eigenvalue weighted by Gasteiger charge is 2.13. The molecular formula is C32H25Cl2N3O2. The summed E-state index contributed by atoms with van der Waals surface area (Å²) in [5, 5.41) is 1.10. The van der Waals surface area contributed by atoms with Crippen LogP contribution in [-0.4, -0.2) is 22.6 Å². The minimum atomic E-state index is -0.366. The van der Waals surface area contributed by atoms with Crippen molar-refractivity contribution in [2.24, 2.45) is 0 Å². The Kier molecular flexibility index (Phi) is 7.82. The zero-order valence-corrected chi connectivity index (χ0v) is 22.7. The highest BCUT2D eigenvalue weighted by atomic mass is 35.5. The molecule has 0 unspecified atom stereocenters. The lowest BCUT2D eigenvalue weighted by Crippen LogP contribution is -2.03. The van der Waals surface area contributed by atoms with Crippen LogP contribution >= 0.6 is 23.2 Å². The van der Waals surface area contributed by atoms with Crippen molar-refractivity contribution in [2.45, 2.75) is 6.54 Å². The Balaban J connectivity index is 1.44. The second-order valence-electron chi connectivity index (χ2n) is 9.00. The van der Waals surface area contributed by atoms with Crippen molar-refractivity contribution in [3.05, 3.63) is 130 Å². The molecule has 39 heavy (non-hydrogen) atoms. The Hall–Kier alpha value is -4.32. The molecule has 0 aliphatic carbocycles. The molecule has 5 aromatic rings. The average molecular weight is 554 g/mol. The van der Waals surface area contributed by atoms with E-state index >= 15 is 0 Å².